The highest BCUT2D eigenvalue weighted by atomic mass is 15.3. The van der Waals surface area contributed by atoms with E-state index in [9.17, 15) is 0 Å². The Morgan fingerprint density at radius 2 is 1.86 bits per heavy atom. The molecule has 0 amide bonds. The van der Waals surface area contributed by atoms with Crippen molar-refractivity contribution in [2.45, 2.75) is 45.3 Å². The molecule has 0 saturated heterocycles. The summed E-state index contributed by atoms with van der Waals surface area (Å²) in [6, 6.07) is 20.8. The van der Waals surface area contributed by atoms with Gasteiger partial charge >= 0.3 is 0 Å². The quantitative estimate of drug-likeness (QED) is 0.633. The van der Waals surface area contributed by atoms with Crippen molar-refractivity contribution in [1.82, 2.24) is 15.1 Å². The molecule has 0 bridgehead atoms. The molecular formula is C25H26N4. The van der Waals surface area contributed by atoms with E-state index in [2.05, 4.69) is 72.4 Å². The van der Waals surface area contributed by atoms with Crippen LogP contribution in [0.15, 0.2) is 66.7 Å². The second-order valence-electron chi connectivity index (χ2n) is 7.75. The van der Waals surface area contributed by atoms with Gasteiger partial charge < -0.3 is 5.32 Å². The van der Waals surface area contributed by atoms with Crippen molar-refractivity contribution in [2.75, 3.05) is 0 Å². The maximum Gasteiger partial charge on any atom is 0.0991 e. The minimum Gasteiger partial charge on any atom is -0.306 e. The fourth-order valence-corrected chi connectivity index (χ4v) is 4.22. The zero-order chi connectivity index (χ0) is 20.2. The summed E-state index contributed by atoms with van der Waals surface area (Å²) in [5.74, 6) is 0.391. The van der Waals surface area contributed by atoms with Gasteiger partial charge in [0.15, 0.2) is 0 Å². The molecule has 3 aromatic rings. The standard InChI is InChI=1S/C25H26N4/c1-18-25(19(2)29(28-18)17-20-7-4-3-5-8-20)23-11-12-24(14-23)27-16-22-10-6-9-21(13-22)15-26/h3-13,23-24,27H,14,16-17H2,1-2H3/t23-,24-/m1/s1. The maximum atomic E-state index is 9.06. The van der Waals surface area contributed by atoms with E-state index in [1.807, 2.05) is 24.3 Å². The third-order valence-corrected chi connectivity index (χ3v) is 5.69. The highest BCUT2D eigenvalue weighted by Gasteiger charge is 2.25. The Balaban J connectivity index is 1.41. The fraction of sp³-hybridized carbons (Fsp3) is 0.280. The Kier molecular flexibility index (Phi) is 5.59. The number of nitrogens with zero attached hydrogens (tertiary/aromatic N) is 3. The monoisotopic (exact) mass is 382 g/mol. The fourth-order valence-electron chi connectivity index (χ4n) is 4.22. The van der Waals surface area contributed by atoms with Crippen molar-refractivity contribution >= 4 is 0 Å². The highest BCUT2D eigenvalue weighted by molar-refractivity contribution is 5.36. The van der Waals surface area contributed by atoms with E-state index in [1.165, 1.54) is 16.8 Å². The minimum atomic E-state index is 0.335. The number of rotatable bonds is 6. The summed E-state index contributed by atoms with van der Waals surface area (Å²) in [7, 11) is 0. The van der Waals surface area contributed by atoms with Crippen LogP contribution in [0.5, 0.6) is 0 Å². The summed E-state index contributed by atoms with van der Waals surface area (Å²) in [6.45, 7) is 5.87. The molecular weight excluding hydrogens is 356 g/mol. The normalized spacial score (nSPS) is 18.1. The molecule has 4 rings (SSSR count). The largest absolute Gasteiger partial charge is 0.306 e. The van der Waals surface area contributed by atoms with Crippen molar-refractivity contribution in [3.63, 3.8) is 0 Å². The summed E-state index contributed by atoms with van der Waals surface area (Å²) in [5, 5.41) is 17.5. The molecule has 2 aromatic carbocycles. The van der Waals surface area contributed by atoms with Crippen LogP contribution < -0.4 is 5.32 Å². The summed E-state index contributed by atoms with van der Waals surface area (Å²) >= 11 is 0. The number of nitrogens with one attached hydrogen (secondary N) is 1. The zero-order valence-corrected chi connectivity index (χ0v) is 17.0. The van der Waals surface area contributed by atoms with Gasteiger partial charge in [-0.3, -0.25) is 4.68 Å². The number of benzene rings is 2. The highest BCUT2D eigenvalue weighted by Crippen LogP contribution is 2.33. The lowest BCUT2D eigenvalue weighted by molar-refractivity contribution is 0.558. The molecule has 0 spiro atoms. The van der Waals surface area contributed by atoms with Gasteiger partial charge in [0.2, 0.25) is 0 Å². The van der Waals surface area contributed by atoms with Crippen molar-refractivity contribution < 1.29 is 0 Å². The summed E-state index contributed by atoms with van der Waals surface area (Å²) in [4.78, 5) is 0. The lowest BCUT2D eigenvalue weighted by Gasteiger charge is -2.15. The molecule has 2 atom stereocenters. The lowest BCUT2D eigenvalue weighted by Crippen LogP contribution is -2.25. The van der Waals surface area contributed by atoms with E-state index >= 15 is 0 Å². The number of allylic oxidation sites excluding steroid dienone is 1. The lowest BCUT2D eigenvalue weighted by atomic mass is 9.96. The SMILES string of the molecule is Cc1nn(Cc2ccccc2)c(C)c1[C@@H]1C=C[C@@H](NCc2cccc(C#N)c2)C1. The molecule has 1 heterocycles. The molecule has 1 aromatic heterocycles. The maximum absolute atomic E-state index is 9.06. The molecule has 0 aliphatic heterocycles. The molecule has 1 N–H and O–H groups in total. The third-order valence-electron chi connectivity index (χ3n) is 5.69. The predicted molar refractivity (Wildman–Crippen MR) is 116 cm³/mol. The zero-order valence-electron chi connectivity index (χ0n) is 17.0. The molecule has 0 radical (unpaired) electrons. The topological polar surface area (TPSA) is 53.6 Å². The van der Waals surface area contributed by atoms with Gasteiger partial charge in [0, 0.05) is 29.8 Å². The van der Waals surface area contributed by atoms with Crippen LogP contribution in [0.3, 0.4) is 0 Å². The number of hydrogen-bond acceptors (Lipinski definition) is 3. The predicted octanol–water partition coefficient (Wildman–Crippen LogP) is 4.62. The number of hydrogen-bond donors (Lipinski definition) is 1. The summed E-state index contributed by atoms with van der Waals surface area (Å²) in [5.41, 5.74) is 6.85. The summed E-state index contributed by atoms with van der Waals surface area (Å²) in [6.07, 6.45) is 5.62. The average molecular weight is 383 g/mol. The van der Waals surface area contributed by atoms with Crippen molar-refractivity contribution in [2.24, 2.45) is 0 Å². The molecule has 4 heteroatoms. The van der Waals surface area contributed by atoms with Gasteiger partial charge in [-0.15, -0.1) is 0 Å². The van der Waals surface area contributed by atoms with Gasteiger partial charge in [0.05, 0.1) is 23.9 Å². The number of aromatic nitrogens is 2. The summed E-state index contributed by atoms with van der Waals surface area (Å²) < 4.78 is 2.13. The first-order valence-corrected chi connectivity index (χ1v) is 10.1. The van der Waals surface area contributed by atoms with E-state index in [0.717, 1.165) is 30.8 Å². The molecule has 1 aliphatic carbocycles. The van der Waals surface area contributed by atoms with E-state index in [0.29, 0.717) is 17.5 Å². The van der Waals surface area contributed by atoms with E-state index in [-0.39, 0.29) is 0 Å². The van der Waals surface area contributed by atoms with Crippen LogP contribution in [0.4, 0.5) is 0 Å². The molecule has 0 fully saturated rings. The Morgan fingerprint density at radius 1 is 1.07 bits per heavy atom. The second-order valence-corrected chi connectivity index (χ2v) is 7.75. The van der Waals surface area contributed by atoms with E-state index in [1.54, 1.807) is 0 Å². The van der Waals surface area contributed by atoms with Crippen LogP contribution in [0.2, 0.25) is 0 Å². The molecule has 0 saturated carbocycles. The first kappa shape index (κ1) is 19.2. The van der Waals surface area contributed by atoms with Crippen LogP contribution in [0.1, 0.15) is 46.0 Å². The van der Waals surface area contributed by atoms with Crippen LogP contribution in [0, 0.1) is 25.2 Å². The number of nitriles is 1. The molecule has 146 valence electrons. The van der Waals surface area contributed by atoms with Crippen LogP contribution in [-0.2, 0) is 13.1 Å². The first-order chi connectivity index (χ1) is 14.1. The van der Waals surface area contributed by atoms with E-state index in [4.69, 9.17) is 10.4 Å². The Labute approximate surface area is 172 Å². The van der Waals surface area contributed by atoms with Crippen LogP contribution >= 0.6 is 0 Å². The minimum absolute atomic E-state index is 0.335. The van der Waals surface area contributed by atoms with Crippen molar-refractivity contribution in [3.8, 4) is 6.07 Å². The number of aryl methyl sites for hydroxylation is 1. The van der Waals surface area contributed by atoms with Gasteiger partial charge in [0.25, 0.3) is 0 Å². The second kappa shape index (κ2) is 8.46. The Bertz CT molecular complexity index is 1060. The van der Waals surface area contributed by atoms with Gasteiger partial charge in [-0.1, -0.05) is 54.6 Å². The molecule has 4 nitrogen and oxygen atoms in total. The van der Waals surface area contributed by atoms with Crippen LogP contribution in [-0.4, -0.2) is 15.8 Å². The van der Waals surface area contributed by atoms with Gasteiger partial charge in [-0.25, -0.2) is 0 Å². The first-order valence-electron chi connectivity index (χ1n) is 10.1. The van der Waals surface area contributed by atoms with Crippen LogP contribution in [0.25, 0.3) is 0 Å². The Morgan fingerprint density at radius 3 is 2.66 bits per heavy atom. The van der Waals surface area contributed by atoms with Gasteiger partial charge in [-0.05, 0) is 43.5 Å². The smallest absolute Gasteiger partial charge is 0.0991 e. The molecule has 1 aliphatic rings. The average Bonchev–Trinajstić information content (AvgIpc) is 3.31. The van der Waals surface area contributed by atoms with Crippen molar-refractivity contribution in [3.05, 3.63) is 100 Å². The third kappa shape index (κ3) is 4.31. The Hall–Kier alpha value is -3.16. The van der Waals surface area contributed by atoms with Gasteiger partial charge in [0.1, 0.15) is 0 Å². The molecule has 29 heavy (non-hydrogen) atoms. The molecule has 0 unspecified atom stereocenters. The van der Waals surface area contributed by atoms with E-state index < -0.39 is 0 Å². The van der Waals surface area contributed by atoms with Gasteiger partial charge in [-0.2, -0.15) is 10.4 Å². The van der Waals surface area contributed by atoms with Crippen molar-refractivity contribution in [1.29, 1.82) is 5.26 Å².